The highest BCUT2D eigenvalue weighted by atomic mass is 35.5. The number of rotatable bonds is 11. The molecule has 0 fully saturated rings. The molecule has 32 heavy (non-hydrogen) atoms. The van der Waals surface area contributed by atoms with Crippen molar-refractivity contribution in [2.75, 3.05) is 12.3 Å². The van der Waals surface area contributed by atoms with Crippen LogP contribution in [0.15, 0.2) is 42.5 Å². The standard InChI is InChI=1S/C24H29Cl3N2O2S/c1-4-22(24(31)28-12-16(2)3)29(13-17-5-8-19(25)9-6-17)23(30)15-32-14-18-7-10-20(26)21(27)11-18/h5-11,16,22H,4,12-15H2,1-3H3,(H,28,31). The van der Waals surface area contributed by atoms with Crippen molar-refractivity contribution in [3.63, 3.8) is 0 Å². The second-order valence-corrected chi connectivity index (χ2v) is 10.2. The van der Waals surface area contributed by atoms with E-state index in [1.807, 2.05) is 39.0 Å². The smallest absolute Gasteiger partial charge is 0.242 e. The summed E-state index contributed by atoms with van der Waals surface area (Å²) < 4.78 is 0. The number of nitrogens with zero attached hydrogens (tertiary/aromatic N) is 1. The van der Waals surface area contributed by atoms with Gasteiger partial charge < -0.3 is 10.2 Å². The average Bonchev–Trinajstić information content (AvgIpc) is 2.75. The van der Waals surface area contributed by atoms with Crippen LogP contribution in [0.1, 0.15) is 38.3 Å². The molecular formula is C24H29Cl3N2O2S. The topological polar surface area (TPSA) is 49.4 Å². The van der Waals surface area contributed by atoms with E-state index in [1.54, 1.807) is 29.2 Å². The Kier molecular flexibility index (Phi) is 11.2. The Morgan fingerprint density at radius 3 is 2.25 bits per heavy atom. The number of benzene rings is 2. The Morgan fingerprint density at radius 2 is 1.66 bits per heavy atom. The molecule has 0 heterocycles. The second kappa shape index (κ2) is 13.3. The van der Waals surface area contributed by atoms with Crippen molar-refractivity contribution >= 4 is 58.4 Å². The van der Waals surface area contributed by atoms with E-state index in [-0.39, 0.29) is 17.6 Å². The number of hydrogen-bond acceptors (Lipinski definition) is 3. The van der Waals surface area contributed by atoms with Crippen LogP contribution in [-0.4, -0.2) is 35.1 Å². The zero-order valence-electron chi connectivity index (χ0n) is 18.5. The van der Waals surface area contributed by atoms with E-state index >= 15 is 0 Å². The molecule has 0 spiro atoms. The van der Waals surface area contributed by atoms with Crippen molar-refractivity contribution in [3.8, 4) is 0 Å². The molecule has 0 saturated heterocycles. The van der Waals surface area contributed by atoms with E-state index < -0.39 is 6.04 Å². The van der Waals surface area contributed by atoms with Gasteiger partial charge in [-0.15, -0.1) is 11.8 Å². The monoisotopic (exact) mass is 514 g/mol. The number of halogens is 3. The molecule has 4 nitrogen and oxygen atoms in total. The zero-order valence-corrected chi connectivity index (χ0v) is 21.6. The van der Waals surface area contributed by atoms with Gasteiger partial charge in [0.05, 0.1) is 15.8 Å². The van der Waals surface area contributed by atoms with Gasteiger partial charge >= 0.3 is 0 Å². The van der Waals surface area contributed by atoms with Gasteiger partial charge in [0.1, 0.15) is 6.04 Å². The van der Waals surface area contributed by atoms with Gasteiger partial charge in [-0.1, -0.05) is 73.8 Å². The molecular weight excluding hydrogens is 487 g/mol. The Bertz CT molecular complexity index is 907. The highest BCUT2D eigenvalue weighted by molar-refractivity contribution is 7.99. The fourth-order valence-electron chi connectivity index (χ4n) is 3.10. The van der Waals surface area contributed by atoms with Crippen molar-refractivity contribution in [2.45, 2.75) is 45.5 Å². The maximum Gasteiger partial charge on any atom is 0.242 e. The molecule has 2 aromatic rings. The quantitative estimate of drug-likeness (QED) is 0.373. The van der Waals surface area contributed by atoms with Crippen LogP contribution >= 0.6 is 46.6 Å². The molecule has 0 radical (unpaired) electrons. The predicted octanol–water partition coefficient (Wildman–Crippen LogP) is 6.46. The molecule has 8 heteroatoms. The Morgan fingerprint density at radius 1 is 1.00 bits per heavy atom. The van der Waals surface area contributed by atoms with E-state index in [0.29, 0.717) is 46.2 Å². The normalized spacial score (nSPS) is 12.0. The molecule has 1 unspecified atom stereocenters. The Labute approximate surface area is 210 Å². The highest BCUT2D eigenvalue weighted by Gasteiger charge is 2.28. The first kappa shape index (κ1) is 26.8. The van der Waals surface area contributed by atoms with Crippen molar-refractivity contribution in [1.29, 1.82) is 0 Å². The van der Waals surface area contributed by atoms with Crippen LogP contribution in [0.2, 0.25) is 15.1 Å². The summed E-state index contributed by atoms with van der Waals surface area (Å²) in [7, 11) is 0. The molecule has 0 aromatic heterocycles. The average molecular weight is 516 g/mol. The summed E-state index contributed by atoms with van der Waals surface area (Å²) in [5.74, 6) is 0.989. The van der Waals surface area contributed by atoms with Gasteiger partial charge in [-0.05, 0) is 47.7 Å². The van der Waals surface area contributed by atoms with Crippen LogP contribution in [-0.2, 0) is 21.9 Å². The lowest BCUT2D eigenvalue weighted by Crippen LogP contribution is -2.50. The van der Waals surface area contributed by atoms with E-state index in [0.717, 1.165) is 11.1 Å². The lowest BCUT2D eigenvalue weighted by Gasteiger charge is -2.31. The molecule has 2 rings (SSSR count). The van der Waals surface area contributed by atoms with Crippen molar-refractivity contribution < 1.29 is 9.59 Å². The second-order valence-electron chi connectivity index (χ2n) is 7.95. The van der Waals surface area contributed by atoms with Crippen LogP contribution in [0, 0.1) is 5.92 Å². The minimum Gasteiger partial charge on any atom is -0.354 e. The number of amides is 2. The van der Waals surface area contributed by atoms with E-state index in [4.69, 9.17) is 34.8 Å². The minimum absolute atomic E-state index is 0.0865. The molecule has 0 aliphatic rings. The first-order valence-electron chi connectivity index (χ1n) is 10.5. The maximum absolute atomic E-state index is 13.2. The number of carbonyl (C=O) groups excluding carboxylic acids is 2. The fourth-order valence-corrected chi connectivity index (χ4v) is 4.40. The third-order valence-corrected chi connectivity index (χ3v) is 6.79. The van der Waals surface area contributed by atoms with Gasteiger partial charge in [-0.25, -0.2) is 0 Å². The Balaban J connectivity index is 2.11. The van der Waals surface area contributed by atoms with Crippen molar-refractivity contribution in [2.24, 2.45) is 5.92 Å². The van der Waals surface area contributed by atoms with Gasteiger partial charge in [-0.2, -0.15) is 0 Å². The molecule has 2 amide bonds. The van der Waals surface area contributed by atoms with Gasteiger partial charge in [0.2, 0.25) is 11.8 Å². The van der Waals surface area contributed by atoms with Crippen LogP contribution < -0.4 is 5.32 Å². The lowest BCUT2D eigenvalue weighted by atomic mass is 10.1. The highest BCUT2D eigenvalue weighted by Crippen LogP contribution is 2.25. The van der Waals surface area contributed by atoms with Crippen LogP contribution in [0.5, 0.6) is 0 Å². The molecule has 0 aliphatic heterocycles. The van der Waals surface area contributed by atoms with Crippen molar-refractivity contribution in [1.82, 2.24) is 10.2 Å². The minimum atomic E-state index is -0.539. The molecule has 2 aromatic carbocycles. The number of thioether (sulfide) groups is 1. The number of nitrogens with one attached hydrogen (secondary N) is 1. The summed E-state index contributed by atoms with van der Waals surface area (Å²) >= 11 is 19.5. The summed E-state index contributed by atoms with van der Waals surface area (Å²) in [5.41, 5.74) is 1.91. The molecule has 0 bridgehead atoms. The summed E-state index contributed by atoms with van der Waals surface area (Å²) in [4.78, 5) is 27.8. The molecule has 174 valence electrons. The third kappa shape index (κ3) is 8.51. The van der Waals surface area contributed by atoms with Gasteiger partial charge in [0.25, 0.3) is 0 Å². The lowest BCUT2D eigenvalue weighted by molar-refractivity contribution is -0.139. The molecule has 0 saturated carbocycles. The SMILES string of the molecule is CCC(C(=O)NCC(C)C)N(Cc1ccc(Cl)cc1)C(=O)CSCc1ccc(Cl)c(Cl)c1. The number of hydrogen-bond donors (Lipinski definition) is 1. The third-order valence-electron chi connectivity index (χ3n) is 4.81. The Hall–Kier alpha value is -1.40. The van der Waals surface area contributed by atoms with Gasteiger partial charge in [-0.3, -0.25) is 9.59 Å². The summed E-state index contributed by atoms with van der Waals surface area (Å²) in [6, 6.07) is 12.3. The number of carbonyl (C=O) groups is 2. The maximum atomic E-state index is 13.2. The van der Waals surface area contributed by atoms with E-state index in [2.05, 4.69) is 5.32 Å². The predicted molar refractivity (Wildman–Crippen MR) is 137 cm³/mol. The van der Waals surface area contributed by atoms with Crippen molar-refractivity contribution in [3.05, 3.63) is 68.7 Å². The van der Waals surface area contributed by atoms with Crippen LogP contribution in [0.25, 0.3) is 0 Å². The van der Waals surface area contributed by atoms with Gasteiger partial charge in [0, 0.05) is 23.9 Å². The first-order chi connectivity index (χ1) is 15.2. The molecule has 1 atom stereocenters. The summed E-state index contributed by atoms with van der Waals surface area (Å²) in [6.07, 6.45) is 0.528. The van der Waals surface area contributed by atoms with Crippen LogP contribution in [0.4, 0.5) is 0 Å². The summed E-state index contributed by atoms with van der Waals surface area (Å²) in [5, 5.41) is 4.60. The fraction of sp³-hybridized carbons (Fsp3) is 0.417. The summed E-state index contributed by atoms with van der Waals surface area (Å²) in [6.45, 7) is 6.92. The van der Waals surface area contributed by atoms with Gasteiger partial charge in [0.15, 0.2) is 0 Å². The molecule has 1 N–H and O–H groups in total. The zero-order chi connectivity index (χ0) is 23.7. The largest absolute Gasteiger partial charge is 0.354 e. The van der Waals surface area contributed by atoms with Crippen LogP contribution in [0.3, 0.4) is 0 Å². The first-order valence-corrected chi connectivity index (χ1v) is 12.8. The van der Waals surface area contributed by atoms with E-state index in [9.17, 15) is 9.59 Å². The molecule has 0 aliphatic carbocycles. The van der Waals surface area contributed by atoms with E-state index in [1.165, 1.54) is 11.8 Å².